The van der Waals surface area contributed by atoms with Gasteiger partial charge in [-0.25, -0.2) is 0 Å². The highest BCUT2D eigenvalue weighted by Crippen LogP contribution is 2.11. The summed E-state index contributed by atoms with van der Waals surface area (Å²) in [5.41, 5.74) is 1.30. The zero-order valence-electron chi connectivity index (χ0n) is 8.19. The summed E-state index contributed by atoms with van der Waals surface area (Å²) in [6.45, 7) is 3.34. The monoisotopic (exact) mass is 191 g/mol. The maximum Gasteiger partial charge on any atom is 0.0864 e. The van der Waals surface area contributed by atoms with E-state index in [9.17, 15) is 0 Å². The topological polar surface area (TPSA) is 18.5 Å². The Morgan fingerprint density at radius 3 is 2.93 bits per heavy atom. The first-order valence-corrected chi connectivity index (χ1v) is 5.04. The maximum absolute atomic E-state index is 5.56. The number of ether oxygens (including phenoxy) is 2. The molecule has 0 bridgehead atoms. The van der Waals surface area contributed by atoms with Crippen LogP contribution in [0, 0.1) is 6.61 Å². The van der Waals surface area contributed by atoms with Gasteiger partial charge in [0.05, 0.1) is 19.3 Å². The molecule has 75 valence electrons. The van der Waals surface area contributed by atoms with Crippen LogP contribution >= 0.6 is 0 Å². The zero-order chi connectivity index (χ0) is 9.64. The van der Waals surface area contributed by atoms with E-state index >= 15 is 0 Å². The van der Waals surface area contributed by atoms with Gasteiger partial charge in [-0.3, -0.25) is 0 Å². The third-order valence-corrected chi connectivity index (χ3v) is 2.28. The molecule has 2 nitrogen and oxygen atoms in total. The van der Waals surface area contributed by atoms with Crippen LogP contribution < -0.4 is 0 Å². The van der Waals surface area contributed by atoms with Gasteiger partial charge in [0.1, 0.15) is 0 Å². The van der Waals surface area contributed by atoms with Crippen molar-refractivity contribution in [3.63, 3.8) is 0 Å². The highest BCUT2D eigenvalue weighted by molar-refractivity contribution is 5.15. The van der Waals surface area contributed by atoms with Gasteiger partial charge in [0.15, 0.2) is 0 Å². The third-order valence-electron chi connectivity index (χ3n) is 2.28. The fraction of sp³-hybridized carbons (Fsp3) is 0.417. The Kier molecular flexibility index (Phi) is 3.55. The van der Waals surface area contributed by atoms with E-state index in [1.54, 1.807) is 0 Å². The molecule has 1 fully saturated rings. The van der Waals surface area contributed by atoms with Crippen molar-refractivity contribution in [2.75, 3.05) is 13.2 Å². The number of benzene rings is 1. The lowest BCUT2D eigenvalue weighted by Gasteiger charge is -2.13. The molecular formula is C12H15O2. The average molecular weight is 191 g/mol. The molecule has 0 aliphatic carbocycles. The van der Waals surface area contributed by atoms with Gasteiger partial charge < -0.3 is 9.47 Å². The molecule has 1 aromatic carbocycles. The van der Waals surface area contributed by atoms with Crippen molar-refractivity contribution in [3.05, 3.63) is 42.5 Å². The van der Waals surface area contributed by atoms with E-state index in [1.165, 1.54) is 5.56 Å². The highest BCUT2D eigenvalue weighted by atomic mass is 16.5. The predicted molar refractivity (Wildman–Crippen MR) is 54.8 cm³/mol. The quantitative estimate of drug-likeness (QED) is 0.713. The molecule has 0 saturated carbocycles. The lowest BCUT2D eigenvalue weighted by atomic mass is 10.1. The summed E-state index contributed by atoms with van der Waals surface area (Å²) in [5, 5.41) is 0. The van der Waals surface area contributed by atoms with Crippen LogP contribution in [0.25, 0.3) is 0 Å². The van der Waals surface area contributed by atoms with Gasteiger partial charge in [-0.1, -0.05) is 30.3 Å². The minimum atomic E-state index is 0.180. The van der Waals surface area contributed by atoms with Gasteiger partial charge in [-0.15, -0.1) is 0 Å². The van der Waals surface area contributed by atoms with Crippen molar-refractivity contribution in [2.45, 2.75) is 18.9 Å². The first-order valence-electron chi connectivity index (χ1n) is 5.04. The van der Waals surface area contributed by atoms with Gasteiger partial charge in [-0.05, 0) is 12.0 Å². The highest BCUT2D eigenvalue weighted by Gasteiger charge is 2.13. The fourth-order valence-electron chi connectivity index (χ4n) is 1.57. The normalized spacial score (nSPS) is 23.0. The van der Waals surface area contributed by atoms with Crippen molar-refractivity contribution < 1.29 is 9.47 Å². The zero-order valence-corrected chi connectivity index (χ0v) is 8.19. The smallest absolute Gasteiger partial charge is 0.0864 e. The van der Waals surface area contributed by atoms with E-state index in [1.807, 2.05) is 12.7 Å². The van der Waals surface area contributed by atoms with Crippen LogP contribution in [0.4, 0.5) is 0 Å². The van der Waals surface area contributed by atoms with Crippen LogP contribution in [0.2, 0.25) is 0 Å². The molecule has 0 spiro atoms. The van der Waals surface area contributed by atoms with Gasteiger partial charge in [0, 0.05) is 13.0 Å². The van der Waals surface area contributed by atoms with Crippen LogP contribution in [0.1, 0.15) is 12.0 Å². The molecule has 1 radical (unpaired) electrons. The molecule has 1 aliphatic heterocycles. The van der Waals surface area contributed by atoms with E-state index in [0.29, 0.717) is 6.61 Å². The molecule has 0 aromatic heterocycles. The number of hydrogen-bond donors (Lipinski definition) is 0. The second-order valence-corrected chi connectivity index (χ2v) is 3.48. The average Bonchev–Trinajstić information content (AvgIpc) is 2.48. The van der Waals surface area contributed by atoms with Crippen molar-refractivity contribution in [1.82, 2.24) is 0 Å². The summed E-state index contributed by atoms with van der Waals surface area (Å²) in [5.74, 6) is 0. The molecule has 1 unspecified atom stereocenters. The Morgan fingerprint density at radius 1 is 1.21 bits per heavy atom. The van der Waals surface area contributed by atoms with Crippen LogP contribution in [0.5, 0.6) is 0 Å². The molecule has 1 aromatic rings. The molecule has 2 heteroatoms. The Bertz CT molecular complexity index is 250. The summed E-state index contributed by atoms with van der Waals surface area (Å²) in [6.07, 6.45) is 2.00. The van der Waals surface area contributed by atoms with Crippen molar-refractivity contribution in [3.8, 4) is 0 Å². The van der Waals surface area contributed by atoms with E-state index < -0.39 is 0 Å². The maximum atomic E-state index is 5.56. The molecule has 1 aliphatic rings. The predicted octanol–water partition coefficient (Wildman–Crippen LogP) is 2.20. The summed E-state index contributed by atoms with van der Waals surface area (Å²) in [4.78, 5) is 0. The van der Waals surface area contributed by atoms with E-state index in [2.05, 4.69) is 24.3 Å². The van der Waals surface area contributed by atoms with Gasteiger partial charge >= 0.3 is 0 Å². The summed E-state index contributed by atoms with van der Waals surface area (Å²) >= 11 is 0. The summed E-state index contributed by atoms with van der Waals surface area (Å²) < 4.78 is 11.0. The Balaban J connectivity index is 1.90. The van der Waals surface area contributed by atoms with Crippen molar-refractivity contribution in [2.24, 2.45) is 0 Å². The second-order valence-electron chi connectivity index (χ2n) is 3.48. The molecule has 14 heavy (non-hydrogen) atoms. The molecule has 1 atom stereocenters. The van der Waals surface area contributed by atoms with E-state index in [4.69, 9.17) is 9.47 Å². The van der Waals surface area contributed by atoms with Crippen molar-refractivity contribution in [1.29, 1.82) is 0 Å². The van der Waals surface area contributed by atoms with Crippen molar-refractivity contribution >= 4 is 0 Å². The molecule has 0 amide bonds. The van der Waals surface area contributed by atoms with Crippen LogP contribution in [0.15, 0.2) is 30.3 Å². The fourth-order valence-corrected chi connectivity index (χ4v) is 1.57. The van der Waals surface area contributed by atoms with E-state index in [-0.39, 0.29) is 6.10 Å². The lowest BCUT2D eigenvalue weighted by molar-refractivity contribution is 0.0484. The summed E-state index contributed by atoms with van der Waals surface area (Å²) in [6, 6.07) is 10.4. The van der Waals surface area contributed by atoms with Crippen LogP contribution in [-0.4, -0.2) is 19.3 Å². The van der Waals surface area contributed by atoms with E-state index in [0.717, 1.165) is 19.4 Å². The standard InChI is InChI=1S/C12H15O2/c1-2-5-11(6-3-1)9-12-10-13-7-4-8-14-12/h1-3,5-6,8,12H,4,7,9-10H2. The molecule has 1 heterocycles. The largest absolute Gasteiger partial charge is 0.379 e. The molecular weight excluding hydrogens is 176 g/mol. The Labute approximate surface area is 84.8 Å². The van der Waals surface area contributed by atoms with Gasteiger partial charge in [0.25, 0.3) is 0 Å². The van der Waals surface area contributed by atoms with Gasteiger partial charge in [0.2, 0.25) is 0 Å². The van der Waals surface area contributed by atoms with Crippen LogP contribution in [0.3, 0.4) is 0 Å². The van der Waals surface area contributed by atoms with Gasteiger partial charge in [-0.2, -0.15) is 0 Å². The molecule has 0 N–H and O–H groups in total. The molecule has 2 rings (SSSR count). The Morgan fingerprint density at radius 2 is 2.07 bits per heavy atom. The SMILES string of the molecule is [CH]1CCOCC(Cc2ccccc2)O1. The first kappa shape index (κ1) is 9.69. The Hall–Kier alpha value is -0.860. The first-order chi connectivity index (χ1) is 6.95. The molecule has 1 saturated heterocycles. The third kappa shape index (κ3) is 2.82. The second kappa shape index (κ2) is 5.13. The number of rotatable bonds is 2. The van der Waals surface area contributed by atoms with Crippen LogP contribution in [-0.2, 0) is 15.9 Å². The summed E-state index contributed by atoms with van der Waals surface area (Å²) in [7, 11) is 0. The number of hydrogen-bond acceptors (Lipinski definition) is 2. The minimum Gasteiger partial charge on any atom is -0.379 e. The minimum absolute atomic E-state index is 0.180. The lowest BCUT2D eigenvalue weighted by Crippen LogP contribution is -2.19.